The fourth-order valence-corrected chi connectivity index (χ4v) is 8.03. The van der Waals surface area contributed by atoms with Gasteiger partial charge in [-0.05, 0) is 101 Å². The molecule has 3 amide bonds. The Balaban J connectivity index is 1.29. The fourth-order valence-electron chi connectivity index (χ4n) is 8.03. The summed E-state index contributed by atoms with van der Waals surface area (Å²) in [5.41, 5.74) is 1.28. The maximum atomic E-state index is 14.1. The molecule has 3 aliphatic rings. The number of aromatic nitrogens is 1. The van der Waals surface area contributed by atoms with Crippen LogP contribution in [0.4, 0.5) is 14.9 Å². The molecule has 0 unspecified atom stereocenters. The number of nitrogens with zero attached hydrogens (tertiary/aromatic N) is 1. The number of carboxylic acid groups (broad SMARTS) is 1. The van der Waals surface area contributed by atoms with Gasteiger partial charge in [-0.25, -0.2) is 14.0 Å². The second-order valence-corrected chi connectivity index (χ2v) is 14.5. The monoisotopic (exact) mass is 640 g/mol. The van der Waals surface area contributed by atoms with Crippen molar-refractivity contribution < 1.29 is 33.4 Å². The van der Waals surface area contributed by atoms with Gasteiger partial charge in [0.1, 0.15) is 24.0 Å². The number of amides is 3. The Morgan fingerprint density at radius 2 is 1.74 bits per heavy atom. The van der Waals surface area contributed by atoms with E-state index in [2.05, 4.69) is 15.6 Å². The van der Waals surface area contributed by atoms with Crippen molar-refractivity contribution in [3.05, 3.63) is 29.5 Å². The number of halogens is 1. The van der Waals surface area contributed by atoms with Crippen LogP contribution in [0.15, 0.2) is 18.2 Å². The van der Waals surface area contributed by atoms with Gasteiger partial charge in [0.25, 0.3) is 0 Å². The predicted octanol–water partition coefficient (Wildman–Crippen LogP) is 6.58. The highest BCUT2D eigenvalue weighted by atomic mass is 19.1. The predicted molar refractivity (Wildman–Crippen MR) is 173 cm³/mol. The Kier molecular flexibility index (Phi) is 10.3. The summed E-state index contributed by atoms with van der Waals surface area (Å²) in [6.45, 7) is 6.85. The SMILES string of the molecule is Cc1c(C(=O)O)[nH]c2ccc(NC(=O)[C@@H]3[C@H](C4CCCCC4)CCN3C(=O)C3CCC([C@@H](CF)NC(=O)OC(C)(C)C)CC3)cc12. The zero-order valence-electron chi connectivity index (χ0n) is 27.5. The molecule has 2 saturated carbocycles. The number of anilines is 1. The van der Waals surface area contributed by atoms with E-state index >= 15 is 0 Å². The zero-order chi connectivity index (χ0) is 33.2. The Bertz CT molecular complexity index is 1440. The summed E-state index contributed by atoms with van der Waals surface area (Å²) < 4.78 is 19.3. The molecule has 0 spiro atoms. The number of benzene rings is 1. The van der Waals surface area contributed by atoms with Crippen molar-refractivity contribution in [2.24, 2.45) is 23.7 Å². The second-order valence-electron chi connectivity index (χ2n) is 14.5. The van der Waals surface area contributed by atoms with E-state index in [0.717, 1.165) is 37.5 Å². The number of alkyl halides is 1. The summed E-state index contributed by atoms with van der Waals surface area (Å²) in [5, 5.41) is 16.0. The molecule has 2 aliphatic carbocycles. The molecule has 10 nitrogen and oxygen atoms in total. The average Bonchev–Trinajstić information content (AvgIpc) is 3.61. The van der Waals surface area contributed by atoms with Gasteiger partial charge in [-0.15, -0.1) is 0 Å². The van der Waals surface area contributed by atoms with Crippen molar-refractivity contribution in [3.8, 4) is 0 Å². The van der Waals surface area contributed by atoms with Gasteiger partial charge < -0.3 is 30.4 Å². The molecule has 4 N–H and O–H groups in total. The number of hydrogen-bond acceptors (Lipinski definition) is 5. The average molecular weight is 641 g/mol. The number of ether oxygens (including phenoxy) is 1. The van der Waals surface area contributed by atoms with Crippen molar-refractivity contribution in [3.63, 3.8) is 0 Å². The van der Waals surface area contributed by atoms with Gasteiger partial charge in [0.2, 0.25) is 11.8 Å². The first-order chi connectivity index (χ1) is 21.9. The summed E-state index contributed by atoms with van der Waals surface area (Å²) in [5.74, 6) is -1.16. The minimum Gasteiger partial charge on any atom is -0.477 e. The van der Waals surface area contributed by atoms with Crippen molar-refractivity contribution in [1.82, 2.24) is 15.2 Å². The largest absolute Gasteiger partial charge is 0.477 e. The van der Waals surface area contributed by atoms with E-state index in [0.29, 0.717) is 54.9 Å². The number of carbonyl (C=O) groups excluding carboxylic acids is 3. The van der Waals surface area contributed by atoms with E-state index in [9.17, 15) is 28.7 Å². The highest BCUT2D eigenvalue weighted by molar-refractivity contribution is 6.02. The molecule has 1 saturated heterocycles. The molecule has 1 aromatic heterocycles. The van der Waals surface area contributed by atoms with Gasteiger partial charge >= 0.3 is 12.1 Å². The van der Waals surface area contributed by atoms with Gasteiger partial charge in [0.05, 0.1) is 6.04 Å². The van der Waals surface area contributed by atoms with Crippen LogP contribution in [0.5, 0.6) is 0 Å². The number of aromatic carboxylic acids is 1. The van der Waals surface area contributed by atoms with E-state index in [-0.39, 0.29) is 35.3 Å². The van der Waals surface area contributed by atoms with Crippen LogP contribution in [0, 0.1) is 30.6 Å². The van der Waals surface area contributed by atoms with Gasteiger partial charge in [-0.3, -0.25) is 9.59 Å². The van der Waals surface area contributed by atoms with Crippen LogP contribution >= 0.6 is 0 Å². The number of hydrogen-bond donors (Lipinski definition) is 4. The van der Waals surface area contributed by atoms with Gasteiger partial charge in [-0.1, -0.05) is 32.1 Å². The summed E-state index contributed by atoms with van der Waals surface area (Å²) in [7, 11) is 0. The van der Waals surface area contributed by atoms with Gasteiger partial charge in [0, 0.05) is 29.1 Å². The molecule has 3 fully saturated rings. The number of aryl methyl sites for hydroxylation is 1. The number of carbonyl (C=O) groups is 4. The van der Waals surface area contributed by atoms with Gasteiger partial charge in [0.15, 0.2) is 0 Å². The van der Waals surface area contributed by atoms with Crippen LogP contribution in [0.1, 0.15) is 101 Å². The Labute approximate surface area is 270 Å². The minimum atomic E-state index is -1.04. The van der Waals surface area contributed by atoms with Gasteiger partial charge in [-0.2, -0.15) is 0 Å². The lowest BCUT2D eigenvalue weighted by Crippen LogP contribution is -2.50. The molecule has 1 aliphatic heterocycles. The number of likely N-dealkylation sites (tertiary alicyclic amines) is 1. The quantitative estimate of drug-likeness (QED) is 0.257. The standard InChI is InChI=1S/C35H49FN4O6/c1-20-26-18-24(14-15-27(26)38-29(20)33(43)44)37-31(41)30-25(21-8-6-5-7-9-21)16-17-40(30)32(42)23-12-10-22(11-13-23)28(19-36)39-34(45)46-35(2,3)4/h14-15,18,21-23,25,28,30,38H,5-13,16-17,19H2,1-4H3,(H,37,41)(H,39,45)(H,43,44)/t22?,23?,25-,28+,30-/m0/s1. The molecule has 2 heterocycles. The molecular formula is C35H49FN4O6. The van der Waals surface area contributed by atoms with E-state index in [1.54, 1.807) is 50.8 Å². The van der Waals surface area contributed by atoms with E-state index in [4.69, 9.17) is 4.74 Å². The van der Waals surface area contributed by atoms with Crippen molar-refractivity contribution in [2.45, 2.75) is 110 Å². The summed E-state index contributed by atoms with van der Waals surface area (Å²) in [6, 6.07) is 4.06. The van der Waals surface area contributed by atoms with Crippen molar-refractivity contribution >= 4 is 40.5 Å². The normalized spacial score (nSPS) is 24.8. The minimum absolute atomic E-state index is 0.0168. The number of alkyl carbamates (subject to hydrolysis) is 1. The molecule has 252 valence electrons. The van der Waals surface area contributed by atoms with E-state index < -0.39 is 36.4 Å². The number of aromatic amines is 1. The Morgan fingerprint density at radius 3 is 2.37 bits per heavy atom. The molecule has 46 heavy (non-hydrogen) atoms. The third-order valence-electron chi connectivity index (χ3n) is 10.3. The van der Waals surface area contributed by atoms with Crippen LogP contribution in [0.25, 0.3) is 10.9 Å². The van der Waals surface area contributed by atoms with Crippen LogP contribution in [0.2, 0.25) is 0 Å². The first kappa shape index (κ1) is 33.7. The Morgan fingerprint density at radius 1 is 1.04 bits per heavy atom. The molecule has 3 atom stereocenters. The topological polar surface area (TPSA) is 141 Å². The lowest BCUT2D eigenvalue weighted by atomic mass is 9.76. The number of nitrogens with one attached hydrogen (secondary N) is 3. The highest BCUT2D eigenvalue weighted by Crippen LogP contribution is 2.41. The smallest absolute Gasteiger partial charge is 0.407 e. The number of rotatable bonds is 8. The molecule has 2 aromatic rings. The first-order valence-electron chi connectivity index (χ1n) is 16.9. The van der Waals surface area contributed by atoms with E-state index in [1.165, 1.54) is 6.42 Å². The van der Waals surface area contributed by atoms with Crippen molar-refractivity contribution in [2.75, 3.05) is 18.5 Å². The Hall–Kier alpha value is -3.63. The second kappa shape index (κ2) is 14.0. The van der Waals surface area contributed by atoms with Crippen molar-refractivity contribution in [1.29, 1.82) is 0 Å². The highest BCUT2D eigenvalue weighted by Gasteiger charge is 2.47. The fraction of sp³-hybridized carbons (Fsp3) is 0.657. The molecule has 0 radical (unpaired) electrons. The molecule has 1 aromatic carbocycles. The maximum absolute atomic E-state index is 14.1. The number of H-pyrrole nitrogens is 1. The molecule has 0 bridgehead atoms. The lowest BCUT2D eigenvalue weighted by molar-refractivity contribution is -0.142. The molecule has 5 rings (SSSR count). The number of fused-ring (bicyclic) bond motifs is 1. The van der Waals surface area contributed by atoms with Crippen LogP contribution in [0.3, 0.4) is 0 Å². The summed E-state index contributed by atoms with van der Waals surface area (Å²) in [6.07, 6.45) is 8.08. The first-order valence-corrected chi connectivity index (χ1v) is 16.9. The van der Waals surface area contributed by atoms with E-state index in [1.807, 2.05) is 0 Å². The molecular weight excluding hydrogens is 591 g/mol. The molecule has 11 heteroatoms. The third-order valence-corrected chi connectivity index (χ3v) is 10.3. The summed E-state index contributed by atoms with van der Waals surface area (Å²) in [4.78, 5) is 56.8. The van der Waals surface area contributed by atoms with Crippen LogP contribution in [-0.4, -0.2) is 69.8 Å². The number of carboxylic acids is 1. The maximum Gasteiger partial charge on any atom is 0.407 e. The lowest BCUT2D eigenvalue weighted by Gasteiger charge is -2.37. The summed E-state index contributed by atoms with van der Waals surface area (Å²) >= 11 is 0. The third kappa shape index (κ3) is 7.50. The van der Waals surface area contributed by atoms with Crippen LogP contribution < -0.4 is 10.6 Å². The van der Waals surface area contributed by atoms with Crippen LogP contribution in [-0.2, 0) is 14.3 Å². The zero-order valence-corrected chi connectivity index (χ0v) is 27.5.